The van der Waals surface area contributed by atoms with Gasteiger partial charge in [-0.3, -0.25) is 9.10 Å². The molecule has 0 heterocycles. The van der Waals surface area contributed by atoms with E-state index in [1.165, 1.54) is 4.31 Å². The number of benzene rings is 1. The van der Waals surface area contributed by atoms with E-state index in [9.17, 15) is 13.2 Å². The van der Waals surface area contributed by atoms with Crippen LogP contribution in [0.5, 0.6) is 0 Å². The Bertz CT molecular complexity index is 630. The zero-order valence-corrected chi connectivity index (χ0v) is 15.8. The van der Waals surface area contributed by atoms with Crippen LogP contribution in [-0.4, -0.2) is 33.7 Å². The second-order valence-corrected chi connectivity index (χ2v) is 8.48. The number of rotatable bonds is 7. The molecule has 1 N–H and O–H groups in total. The minimum Gasteiger partial charge on any atom is -0.356 e. The van der Waals surface area contributed by atoms with Crippen LogP contribution in [0.2, 0.25) is 0 Å². The number of carbonyl (C=O) groups excluding carboxylic acids is 1. The number of nitrogens with one attached hydrogen (secondary N) is 1. The van der Waals surface area contributed by atoms with Crippen molar-refractivity contribution in [3.8, 4) is 0 Å². The second kappa shape index (κ2) is 7.97. The molecule has 0 bridgehead atoms. The molecular formula is C15H23BrN2O3S. The van der Waals surface area contributed by atoms with Gasteiger partial charge in [0, 0.05) is 24.0 Å². The lowest BCUT2D eigenvalue weighted by Gasteiger charge is -2.23. The molecule has 0 spiro atoms. The van der Waals surface area contributed by atoms with Crippen LogP contribution in [0.1, 0.15) is 25.8 Å². The van der Waals surface area contributed by atoms with E-state index >= 15 is 0 Å². The molecule has 124 valence electrons. The minimum atomic E-state index is -3.44. The van der Waals surface area contributed by atoms with E-state index in [0.717, 1.165) is 16.3 Å². The van der Waals surface area contributed by atoms with Gasteiger partial charge >= 0.3 is 0 Å². The van der Waals surface area contributed by atoms with Crippen LogP contribution in [0.25, 0.3) is 0 Å². The molecule has 0 aliphatic heterocycles. The van der Waals surface area contributed by atoms with Gasteiger partial charge in [0.05, 0.1) is 11.9 Å². The number of halogens is 1. The Kier molecular flexibility index (Phi) is 6.87. The van der Waals surface area contributed by atoms with E-state index in [4.69, 9.17) is 0 Å². The van der Waals surface area contributed by atoms with Crippen LogP contribution in [0.3, 0.4) is 0 Å². The summed E-state index contributed by atoms with van der Waals surface area (Å²) in [6.07, 6.45) is 1.28. The fraction of sp³-hybridized carbons (Fsp3) is 0.533. The SMILES string of the molecule is Cc1ccc(N(CCC(=O)NCC(C)C)S(C)(=O)=O)cc1Br. The van der Waals surface area contributed by atoms with Crippen molar-refractivity contribution in [1.82, 2.24) is 5.32 Å². The van der Waals surface area contributed by atoms with Crippen molar-refractivity contribution < 1.29 is 13.2 Å². The first kappa shape index (κ1) is 19.0. The summed E-state index contributed by atoms with van der Waals surface area (Å²) in [6.45, 7) is 6.66. The molecule has 1 aromatic carbocycles. The summed E-state index contributed by atoms with van der Waals surface area (Å²) in [6, 6.07) is 5.34. The average molecular weight is 391 g/mol. The Morgan fingerprint density at radius 1 is 1.36 bits per heavy atom. The fourth-order valence-corrected chi connectivity index (χ4v) is 3.12. The van der Waals surface area contributed by atoms with Gasteiger partial charge in [0.1, 0.15) is 0 Å². The number of aryl methyl sites for hydroxylation is 1. The summed E-state index contributed by atoms with van der Waals surface area (Å²) in [5.74, 6) is 0.219. The summed E-state index contributed by atoms with van der Waals surface area (Å²) in [4.78, 5) is 11.8. The monoisotopic (exact) mass is 390 g/mol. The van der Waals surface area contributed by atoms with Crippen LogP contribution in [-0.2, 0) is 14.8 Å². The van der Waals surface area contributed by atoms with Gasteiger partial charge in [-0.2, -0.15) is 0 Å². The first-order valence-electron chi connectivity index (χ1n) is 7.12. The molecule has 1 amide bonds. The summed E-state index contributed by atoms with van der Waals surface area (Å²) >= 11 is 3.40. The maximum atomic E-state index is 12.0. The standard InChI is InChI=1S/C15H23BrN2O3S/c1-11(2)10-17-15(19)7-8-18(22(4,20)21)13-6-5-12(3)14(16)9-13/h5-6,9,11H,7-8,10H2,1-4H3,(H,17,19). The molecule has 0 unspecified atom stereocenters. The molecule has 0 aliphatic carbocycles. The van der Waals surface area contributed by atoms with Crippen molar-refractivity contribution in [3.63, 3.8) is 0 Å². The van der Waals surface area contributed by atoms with E-state index in [0.29, 0.717) is 18.2 Å². The number of carbonyl (C=O) groups is 1. The molecule has 22 heavy (non-hydrogen) atoms. The van der Waals surface area contributed by atoms with Gasteiger partial charge in [-0.15, -0.1) is 0 Å². The maximum Gasteiger partial charge on any atom is 0.232 e. The number of nitrogens with zero attached hydrogens (tertiary/aromatic N) is 1. The van der Waals surface area contributed by atoms with Crippen molar-refractivity contribution in [3.05, 3.63) is 28.2 Å². The average Bonchev–Trinajstić information content (AvgIpc) is 2.39. The van der Waals surface area contributed by atoms with Crippen molar-refractivity contribution >= 4 is 37.5 Å². The van der Waals surface area contributed by atoms with Gasteiger partial charge in [0.2, 0.25) is 15.9 Å². The minimum absolute atomic E-state index is 0.123. The largest absolute Gasteiger partial charge is 0.356 e. The van der Waals surface area contributed by atoms with Crippen LogP contribution >= 0.6 is 15.9 Å². The summed E-state index contributed by atoms with van der Waals surface area (Å²) in [7, 11) is -3.44. The zero-order valence-electron chi connectivity index (χ0n) is 13.4. The first-order valence-corrected chi connectivity index (χ1v) is 9.76. The van der Waals surface area contributed by atoms with Crippen LogP contribution in [0.15, 0.2) is 22.7 Å². The topological polar surface area (TPSA) is 66.5 Å². The van der Waals surface area contributed by atoms with Crippen molar-refractivity contribution in [2.75, 3.05) is 23.7 Å². The van der Waals surface area contributed by atoms with E-state index in [2.05, 4.69) is 21.2 Å². The smallest absolute Gasteiger partial charge is 0.232 e. The highest BCUT2D eigenvalue weighted by Gasteiger charge is 2.19. The molecule has 0 radical (unpaired) electrons. The molecule has 0 saturated heterocycles. The van der Waals surface area contributed by atoms with Crippen molar-refractivity contribution in [1.29, 1.82) is 0 Å². The quantitative estimate of drug-likeness (QED) is 0.777. The van der Waals surface area contributed by atoms with Crippen LogP contribution in [0.4, 0.5) is 5.69 Å². The molecule has 0 saturated carbocycles. The lowest BCUT2D eigenvalue weighted by Crippen LogP contribution is -2.35. The lowest BCUT2D eigenvalue weighted by molar-refractivity contribution is -0.121. The molecule has 0 aliphatic rings. The molecule has 0 atom stereocenters. The predicted octanol–water partition coefficient (Wildman–Crippen LogP) is 2.69. The Hall–Kier alpha value is -1.08. The number of hydrogen-bond donors (Lipinski definition) is 1. The Morgan fingerprint density at radius 2 is 2.00 bits per heavy atom. The third-order valence-electron chi connectivity index (χ3n) is 3.09. The van der Waals surface area contributed by atoms with Gasteiger partial charge in [0.25, 0.3) is 0 Å². The van der Waals surface area contributed by atoms with E-state index in [1.807, 2.05) is 26.8 Å². The lowest BCUT2D eigenvalue weighted by atomic mass is 10.2. The highest BCUT2D eigenvalue weighted by molar-refractivity contribution is 9.10. The van der Waals surface area contributed by atoms with Crippen molar-refractivity contribution in [2.45, 2.75) is 27.2 Å². The summed E-state index contributed by atoms with van der Waals surface area (Å²) < 4.78 is 26.1. The van der Waals surface area contributed by atoms with Gasteiger partial charge < -0.3 is 5.32 Å². The molecule has 0 aromatic heterocycles. The molecule has 1 aromatic rings. The van der Waals surface area contributed by atoms with Gasteiger partial charge in [0.15, 0.2) is 0 Å². The maximum absolute atomic E-state index is 12.0. The fourth-order valence-electron chi connectivity index (χ4n) is 1.83. The number of anilines is 1. The number of sulfonamides is 1. The second-order valence-electron chi connectivity index (χ2n) is 5.72. The number of hydrogen-bond acceptors (Lipinski definition) is 3. The highest BCUT2D eigenvalue weighted by atomic mass is 79.9. The molecule has 7 heteroatoms. The molecular weight excluding hydrogens is 368 g/mol. The molecule has 5 nitrogen and oxygen atoms in total. The highest BCUT2D eigenvalue weighted by Crippen LogP contribution is 2.25. The Balaban J connectivity index is 2.83. The first-order chi connectivity index (χ1) is 10.1. The van der Waals surface area contributed by atoms with Crippen molar-refractivity contribution in [2.24, 2.45) is 5.92 Å². The Labute approximate surface area is 141 Å². The van der Waals surface area contributed by atoms with Crippen LogP contribution < -0.4 is 9.62 Å². The van der Waals surface area contributed by atoms with Gasteiger partial charge in [-0.25, -0.2) is 8.42 Å². The third kappa shape index (κ3) is 5.96. The van der Waals surface area contributed by atoms with Gasteiger partial charge in [-0.1, -0.05) is 35.8 Å². The summed E-state index contributed by atoms with van der Waals surface area (Å²) in [5.41, 5.74) is 1.57. The predicted molar refractivity (Wildman–Crippen MR) is 93.5 cm³/mol. The Morgan fingerprint density at radius 3 is 2.50 bits per heavy atom. The van der Waals surface area contributed by atoms with E-state index in [-0.39, 0.29) is 18.9 Å². The third-order valence-corrected chi connectivity index (χ3v) is 5.14. The van der Waals surface area contributed by atoms with E-state index in [1.54, 1.807) is 12.1 Å². The number of amides is 1. The normalized spacial score (nSPS) is 11.5. The molecule has 1 rings (SSSR count). The van der Waals surface area contributed by atoms with Crippen LogP contribution in [0, 0.1) is 12.8 Å². The molecule has 0 fully saturated rings. The summed E-state index contributed by atoms with van der Waals surface area (Å²) in [5, 5.41) is 2.79. The van der Waals surface area contributed by atoms with Gasteiger partial charge in [-0.05, 0) is 30.5 Å². The zero-order chi connectivity index (χ0) is 16.9. The van der Waals surface area contributed by atoms with E-state index < -0.39 is 10.0 Å².